The van der Waals surface area contributed by atoms with Crippen LogP contribution in [-0.4, -0.2) is 20.7 Å². The lowest BCUT2D eigenvalue weighted by Gasteiger charge is -2.30. The summed E-state index contributed by atoms with van der Waals surface area (Å²) in [6.07, 6.45) is 8.78. The summed E-state index contributed by atoms with van der Waals surface area (Å²) in [6, 6.07) is 5.23. The van der Waals surface area contributed by atoms with Gasteiger partial charge in [-0.05, 0) is 49.7 Å². The minimum absolute atomic E-state index is 0.243. The van der Waals surface area contributed by atoms with Gasteiger partial charge in [-0.1, -0.05) is 18.9 Å². The predicted molar refractivity (Wildman–Crippen MR) is 87.0 cm³/mol. The molecule has 0 aliphatic heterocycles. The quantitative estimate of drug-likeness (QED) is 0.897. The third kappa shape index (κ3) is 4.22. The maximum absolute atomic E-state index is 14.0. The fourth-order valence-corrected chi connectivity index (χ4v) is 4.43. The molecule has 2 fully saturated rings. The molecule has 0 saturated heterocycles. The summed E-state index contributed by atoms with van der Waals surface area (Å²) in [5.74, 6) is 1.08. The molecule has 5 heteroatoms. The van der Waals surface area contributed by atoms with Gasteiger partial charge < -0.3 is 5.32 Å². The first-order valence-corrected chi connectivity index (χ1v) is 10.2. The van der Waals surface area contributed by atoms with Gasteiger partial charge in [0.05, 0.1) is 5.75 Å². The van der Waals surface area contributed by atoms with E-state index in [9.17, 15) is 12.8 Å². The van der Waals surface area contributed by atoms with E-state index < -0.39 is 15.7 Å². The fraction of sp³-hybridized carbons (Fsp3) is 0.647. The van der Waals surface area contributed by atoms with Gasteiger partial charge in [-0.15, -0.1) is 0 Å². The maximum atomic E-state index is 14.0. The van der Waals surface area contributed by atoms with Crippen LogP contribution in [0.5, 0.6) is 0 Å². The van der Waals surface area contributed by atoms with Crippen molar-refractivity contribution < 1.29 is 12.8 Å². The largest absolute Gasteiger partial charge is 0.382 e. The van der Waals surface area contributed by atoms with E-state index in [0.29, 0.717) is 6.04 Å². The third-order valence-electron chi connectivity index (χ3n) is 4.84. The Kier molecular flexibility index (Phi) is 4.44. The van der Waals surface area contributed by atoms with Gasteiger partial charge in [-0.3, -0.25) is 0 Å². The van der Waals surface area contributed by atoms with Crippen molar-refractivity contribution in [2.24, 2.45) is 11.8 Å². The average molecular weight is 325 g/mol. The van der Waals surface area contributed by atoms with Gasteiger partial charge in [0.1, 0.15) is 5.82 Å². The standard InChI is InChI=1S/C17H24FNO2S/c1-22(20,21)11-14-7-8-16(10-17(14)18)19-15-4-2-3-13(9-15)12-5-6-12/h7-8,10,12-13,15,19H,2-6,9,11H2,1H3/t13-,15+/m0/s1. The number of rotatable bonds is 5. The van der Waals surface area contributed by atoms with E-state index in [0.717, 1.165) is 30.2 Å². The van der Waals surface area contributed by atoms with Crippen LogP contribution in [0.2, 0.25) is 0 Å². The van der Waals surface area contributed by atoms with Crippen LogP contribution in [0.4, 0.5) is 10.1 Å². The molecule has 0 aromatic heterocycles. The van der Waals surface area contributed by atoms with E-state index in [1.54, 1.807) is 12.1 Å². The van der Waals surface area contributed by atoms with Crippen molar-refractivity contribution in [1.82, 2.24) is 0 Å². The van der Waals surface area contributed by atoms with Crippen LogP contribution in [0.1, 0.15) is 44.1 Å². The fourth-order valence-electron chi connectivity index (χ4n) is 3.63. The van der Waals surface area contributed by atoms with Crippen molar-refractivity contribution in [1.29, 1.82) is 0 Å². The van der Waals surface area contributed by atoms with Gasteiger partial charge in [0, 0.05) is 23.5 Å². The van der Waals surface area contributed by atoms with Crippen molar-refractivity contribution >= 4 is 15.5 Å². The highest BCUT2D eigenvalue weighted by atomic mass is 32.2. The molecule has 2 aliphatic rings. The second kappa shape index (κ2) is 6.19. The molecule has 3 nitrogen and oxygen atoms in total. The molecule has 0 bridgehead atoms. The van der Waals surface area contributed by atoms with Crippen LogP contribution in [0, 0.1) is 17.7 Å². The number of nitrogens with one attached hydrogen (secondary N) is 1. The molecule has 1 aromatic carbocycles. The lowest BCUT2D eigenvalue weighted by molar-refractivity contribution is 0.303. The summed E-state index contributed by atoms with van der Waals surface area (Å²) in [7, 11) is -3.21. The highest BCUT2D eigenvalue weighted by molar-refractivity contribution is 7.89. The number of benzene rings is 1. The van der Waals surface area contributed by atoms with E-state index in [1.807, 2.05) is 0 Å². The smallest absolute Gasteiger partial charge is 0.151 e. The van der Waals surface area contributed by atoms with Gasteiger partial charge in [-0.2, -0.15) is 0 Å². The first kappa shape index (κ1) is 15.8. The van der Waals surface area contributed by atoms with Crippen molar-refractivity contribution in [3.63, 3.8) is 0 Å². The number of halogens is 1. The Morgan fingerprint density at radius 2 is 1.95 bits per heavy atom. The van der Waals surface area contributed by atoms with Crippen molar-refractivity contribution in [2.75, 3.05) is 11.6 Å². The molecule has 2 aliphatic carbocycles. The summed E-state index contributed by atoms with van der Waals surface area (Å²) in [5.41, 5.74) is 1.00. The number of hydrogen-bond donors (Lipinski definition) is 1. The first-order valence-electron chi connectivity index (χ1n) is 8.13. The highest BCUT2D eigenvalue weighted by Gasteiger charge is 2.34. The Labute approximate surface area is 132 Å². The lowest BCUT2D eigenvalue weighted by atomic mass is 9.82. The Hall–Kier alpha value is -1.10. The summed E-state index contributed by atoms with van der Waals surface area (Å²) < 4.78 is 36.6. The van der Waals surface area contributed by atoms with Crippen LogP contribution in [0.3, 0.4) is 0 Å². The van der Waals surface area contributed by atoms with E-state index in [2.05, 4.69) is 5.32 Å². The van der Waals surface area contributed by atoms with Crippen LogP contribution >= 0.6 is 0 Å². The SMILES string of the molecule is CS(=O)(=O)Cc1ccc(N[C@@H]2CCC[C@H](C3CC3)C2)cc1F. The molecular formula is C17H24FNO2S. The minimum atomic E-state index is -3.21. The zero-order valence-corrected chi connectivity index (χ0v) is 13.8. The summed E-state index contributed by atoms with van der Waals surface area (Å²) in [6.45, 7) is 0. The monoisotopic (exact) mass is 325 g/mol. The molecule has 0 amide bonds. The molecule has 0 heterocycles. The topological polar surface area (TPSA) is 46.2 Å². The van der Waals surface area contributed by atoms with Crippen molar-refractivity contribution in [3.05, 3.63) is 29.6 Å². The molecule has 0 unspecified atom stereocenters. The Balaban J connectivity index is 1.63. The molecule has 3 rings (SSSR count). The minimum Gasteiger partial charge on any atom is -0.382 e. The number of sulfone groups is 1. The Morgan fingerprint density at radius 3 is 2.59 bits per heavy atom. The van der Waals surface area contributed by atoms with Gasteiger partial charge in [0.25, 0.3) is 0 Å². The van der Waals surface area contributed by atoms with Crippen LogP contribution < -0.4 is 5.32 Å². The average Bonchev–Trinajstić information content (AvgIpc) is 3.25. The van der Waals surface area contributed by atoms with Crippen molar-refractivity contribution in [2.45, 2.75) is 50.3 Å². The van der Waals surface area contributed by atoms with Gasteiger partial charge in [0.15, 0.2) is 9.84 Å². The third-order valence-corrected chi connectivity index (χ3v) is 5.68. The number of hydrogen-bond acceptors (Lipinski definition) is 3. The molecule has 22 heavy (non-hydrogen) atoms. The van der Waals surface area contributed by atoms with E-state index in [4.69, 9.17) is 0 Å². The Bertz CT molecular complexity index is 640. The maximum Gasteiger partial charge on any atom is 0.151 e. The second-order valence-corrected chi connectivity index (χ2v) is 9.12. The van der Waals surface area contributed by atoms with Crippen LogP contribution in [0.15, 0.2) is 18.2 Å². The van der Waals surface area contributed by atoms with Gasteiger partial charge in [0.2, 0.25) is 0 Å². The molecule has 2 atom stereocenters. The van der Waals surface area contributed by atoms with Crippen molar-refractivity contribution in [3.8, 4) is 0 Å². The van der Waals surface area contributed by atoms with Crippen LogP contribution in [-0.2, 0) is 15.6 Å². The second-order valence-electron chi connectivity index (χ2n) is 6.98. The Morgan fingerprint density at radius 1 is 1.18 bits per heavy atom. The van der Waals surface area contributed by atoms with E-state index in [1.165, 1.54) is 38.2 Å². The van der Waals surface area contributed by atoms with Gasteiger partial charge in [-0.25, -0.2) is 12.8 Å². The van der Waals surface area contributed by atoms with E-state index in [-0.39, 0.29) is 11.3 Å². The highest BCUT2D eigenvalue weighted by Crippen LogP contribution is 2.44. The normalized spacial score (nSPS) is 25.9. The zero-order valence-electron chi connectivity index (χ0n) is 13.0. The lowest BCUT2D eigenvalue weighted by Crippen LogP contribution is -2.28. The molecule has 0 radical (unpaired) electrons. The zero-order chi connectivity index (χ0) is 15.7. The predicted octanol–water partition coefficient (Wildman–Crippen LogP) is 3.75. The summed E-state index contributed by atoms with van der Waals surface area (Å²) >= 11 is 0. The molecule has 0 spiro atoms. The molecule has 122 valence electrons. The van der Waals surface area contributed by atoms with E-state index >= 15 is 0 Å². The number of anilines is 1. The molecule has 2 saturated carbocycles. The summed E-state index contributed by atoms with van der Waals surface area (Å²) in [4.78, 5) is 0. The summed E-state index contributed by atoms with van der Waals surface area (Å²) in [5, 5.41) is 3.43. The molecular weight excluding hydrogens is 301 g/mol. The molecule has 1 aromatic rings. The molecule has 1 N–H and O–H groups in total. The first-order chi connectivity index (χ1) is 10.4. The van der Waals surface area contributed by atoms with Crippen LogP contribution in [0.25, 0.3) is 0 Å². The van der Waals surface area contributed by atoms with Gasteiger partial charge >= 0.3 is 0 Å².